The van der Waals surface area contributed by atoms with E-state index in [1.54, 1.807) is 0 Å². The van der Waals surface area contributed by atoms with E-state index in [-0.39, 0.29) is 0 Å². The first-order valence-corrected chi connectivity index (χ1v) is 7.31. The Balaban J connectivity index is 1.76. The van der Waals surface area contributed by atoms with Gasteiger partial charge in [-0.1, -0.05) is 28.1 Å². The number of fused-ring (bicyclic) bond motifs is 1. The minimum atomic E-state index is 0.720. The summed E-state index contributed by atoms with van der Waals surface area (Å²) in [6, 6.07) is 12.2. The maximum atomic E-state index is 5.54. The van der Waals surface area contributed by atoms with Crippen molar-refractivity contribution in [2.24, 2.45) is 0 Å². The molecule has 0 unspecified atom stereocenters. The van der Waals surface area contributed by atoms with Crippen LogP contribution in [0.2, 0.25) is 0 Å². The van der Waals surface area contributed by atoms with E-state index in [9.17, 15) is 0 Å². The van der Waals surface area contributed by atoms with Gasteiger partial charge in [-0.25, -0.2) is 0 Å². The van der Waals surface area contributed by atoms with Gasteiger partial charge in [0.2, 0.25) is 0 Å². The second-order valence-corrected chi connectivity index (χ2v) is 5.58. The molecule has 3 rings (SSSR count). The molecule has 4 heteroatoms. The molecule has 3 aromatic rings. The predicted octanol–water partition coefficient (Wildman–Crippen LogP) is 4.19. The minimum absolute atomic E-state index is 0.720. The number of benzene rings is 1. The van der Waals surface area contributed by atoms with Crippen molar-refractivity contribution in [1.29, 1.82) is 0 Å². The predicted molar refractivity (Wildman–Crippen MR) is 83.4 cm³/mol. The Morgan fingerprint density at radius 2 is 2.05 bits per heavy atom. The Kier molecular flexibility index (Phi) is 3.85. The number of hydrogen-bond acceptors (Lipinski definition) is 3. The van der Waals surface area contributed by atoms with Crippen molar-refractivity contribution in [2.45, 2.75) is 20.0 Å². The molecule has 0 radical (unpaired) electrons. The van der Waals surface area contributed by atoms with Crippen molar-refractivity contribution >= 4 is 26.8 Å². The fourth-order valence-electron chi connectivity index (χ4n) is 2.24. The molecule has 3 nitrogen and oxygen atoms in total. The molecular weight excluding hydrogens is 316 g/mol. The Labute approximate surface area is 126 Å². The van der Waals surface area contributed by atoms with E-state index in [0.717, 1.165) is 40.0 Å². The molecule has 0 atom stereocenters. The molecule has 20 heavy (non-hydrogen) atoms. The summed E-state index contributed by atoms with van der Waals surface area (Å²) in [5.41, 5.74) is 2.22. The summed E-state index contributed by atoms with van der Waals surface area (Å²) in [7, 11) is 0. The molecule has 0 aliphatic carbocycles. The van der Waals surface area contributed by atoms with Crippen LogP contribution in [0.25, 0.3) is 10.9 Å². The van der Waals surface area contributed by atoms with Crippen LogP contribution >= 0.6 is 15.9 Å². The Bertz CT molecular complexity index is 736. The van der Waals surface area contributed by atoms with Crippen LogP contribution in [0.3, 0.4) is 0 Å². The van der Waals surface area contributed by atoms with E-state index in [4.69, 9.17) is 4.42 Å². The lowest BCUT2D eigenvalue weighted by Crippen LogP contribution is -2.12. The van der Waals surface area contributed by atoms with Gasteiger partial charge < -0.3 is 9.73 Å². The molecule has 2 aromatic heterocycles. The van der Waals surface area contributed by atoms with Crippen molar-refractivity contribution < 1.29 is 4.42 Å². The maximum Gasteiger partial charge on any atom is 0.117 e. The lowest BCUT2D eigenvalue weighted by atomic mass is 10.1. The fraction of sp³-hybridized carbons (Fsp3) is 0.188. The van der Waals surface area contributed by atoms with Crippen LogP contribution in [0.1, 0.15) is 17.1 Å². The van der Waals surface area contributed by atoms with E-state index < -0.39 is 0 Å². The van der Waals surface area contributed by atoms with Crippen LogP contribution in [0, 0.1) is 6.92 Å². The number of hydrogen-bond donors (Lipinski definition) is 1. The topological polar surface area (TPSA) is 38.1 Å². The number of nitrogens with zero attached hydrogens (tertiary/aromatic N) is 1. The number of rotatable bonds is 4. The third kappa shape index (κ3) is 2.76. The number of aryl methyl sites for hydroxylation is 1. The van der Waals surface area contributed by atoms with Crippen molar-refractivity contribution in [2.75, 3.05) is 0 Å². The van der Waals surface area contributed by atoms with E-state index in [0.29, 0.717) is 0 Å². The van der Waals surface area contributed by atoms with Gasteiger partial charge in [0, 0.05) is 22.6 Å². The minimum Gasteiger partial charge on any atom is -0.465 e. The zero-order chi connectivity index (χ0) is 13.9. The van der Waals surface area contributed by atoms with Crippen molar-refractivity contribution in [3.63, 3.8) is 0 Å². The molecule has 0 bridgehead atoms. The summed E-state index contributed by atoms with van der Waals surface area (Å²) >= 11 is 3.56. The molecule has 2 heterocycles. The highest BCUT2D eigenvalue weighted by atomic mass is 79.9. The summed E-state index contributed by atoms with van der Waals surface area (Å²) in [6.45, 7) is 3.44. The van der Waals surface area contributed by atoms with E-state index in [2.05, 4.69) is 44.4 Å². The Morgan fingerprint density at radius 3 is 2.85 bits per heavy atom. The SMILES string of the molecule is Cc1ccc(CNCc2ccc(Br)c3cccnc23)o1. The van der Waals surface area contributed by atoms with Gasteiger partial charge in [-0.05, 0) is 36.8 Å². The summed E-state index contributed by atoms with van der Waals surface area (Å²) < 4.78 is 6.62. The third-order valence-electron chi connectivity index (χ3n) is 3.21. The van der Waals surface area contributed by atoms with Gasteiger partial charge in [0.25, 0.3) is 0 Å². The fourth-order valence-corrected chi connectivity index (χ4v) is 2.69. The van der Waals surface area contributed by atoms with Crippen LogP contribution in [0.15, 0.2) is 51.5 Å². The Morgan fingerprint density at radius 1 is 1.15 bits per heavy atom. The molecule has 0 fully saturated rings. The first kappa shape index (κ1) is 13.3. The van der Waals surface area contributed by atoms with Crippen LogP contribution in [0.5, 0.6) is 0 Å². The normalized spacial score (nSPS) is 11.1. The van der Waals surface area contributed by atoms with Gasteiger partial charge in [0.05, 0.1) is 12.1 Å². The Hall–Kier alpha value is -1.65. The smallest absolute Gasteiger partial charge is 0.117 e. The molecule has 0 aliphatic rings. The number of furan rings is 1. The van der Waals surface area contributed by atoms with E-state index >= 15 is 0 Å². The van der Waals surface area contributed by atoms with Crippen LogP contribution < -0.4 is 5.32 Å². The number of nitrogens with one attached hydrogen (secondary N) is 1. The molecule has 0 amide bonds. The van der Waals surface area contributed by atoms with Crippen LogP contribution in [-0.4, -0.2) is 4.98 Å². The van der Waals surface area contributed by atoms with E-state index in [1.165, 1.54) is 5.56 Å². The maximum absolute atomic E-state index is 5.54. The first-order valence-electron chi connectivity index (χ1n) is 6.52. The van der Waals surface area contributed by atoms with Gasteiger partial charge in [-0.15, -0.1) is 0 Å². The number of halogens is 1. The highest BCUT2D eigenvalue weighted by Crippen LogP contribution is 2.25. The van der Waals surface area contributed by atoms with Gasteiger partial charge >= 0.3 is 0 Å². The summed E-state index contributed by atoms with van der Waals surface area (Å²) in [5.74, 6) is 1.90. The summed E-state index contributed by atoms with van der Waals surface area (Å²) in [5, 5.41) is 4.53. The van der Waals surface area contributed by atoms with Gasteiger partial charge in [-0.2, -0.15) is 0 Å². The number of pyridine rings is 1. The summed E-state index contributed by atoms with van der Waals surface area (Å²) in [6.07, 6.45) is 1.83. The average molecular weight is 331 g/mol. The van der Waals surface area contributed by atoms with Crippen LogP contribution in [-0.2, 0) is 13.1 Å². The first-order chi connectivity index (χ1) is 9.74. The second kappa shape index (κ2) is 5.77. The summed E-state index contributed by atoms with van der Waals surface area (Å²) in [4.78, 5) is 4.48. The lowest BCUT2D eigenvalue weighted by Gasteiger charge is -2.08. The highest BCUT2D eigenvalue weighted by Gasteiger charge is 2.05. The third-order valence-corrected chi connectivity index (χ3v) is 3.90. The standard InChI is InChI=1S/C16H15BrN2O/c1-11-4-6-13(20-11)10-18-9-12-5-7-15(17)14-3-2-8-19-16(12)14/h2-8,18H,9-10H2,1H3. The zero-order valence-electron chi connectivity index (χ0n) is 11.2. The molecule has 1 N–H and O–H groups in total. The van der Waals surface area contributed by atoms with Crippen LogP contribution in [0.4, 0.5) is 0 Å². The largest absolute Gasteiger partial charge is 0.465 e. The molecule has 0 saturated carbocycles. The lowest BCUT2D eigenvalue weighted by molar-refractivity contribution is 0.462. The molecular formula is C16H15BrN2O. The zero-order valence-corrected chi connectivity index (χ0v) is 12.8. The van der Waals surface area contributed by atoms with Crippen molar-refractivity contribution in [3.8, 4) is 0 Å². The quantitative estimate of drug-likeness (QED) is 0.779. The van der Waals surface area contributed by atoms with Gasteiger partial charge in [0.15, 0.2) is 0 Å². The van der Waals surface area contributed by atoms with Crippen molar-refractivity contribution in [3.05, 3.63) is 64.2 Å². The van der Waals surface area contributed by atoms with Gasteiger partial charge in [-0.3, -0.25) is 4.98 Å². The molecule has 102 valence electrons. The average Bonchev–Trinajstić information content (AvgIpc) is 2.87. The second-order valence-electron chi connectivity index (χ2n) is 4.72. The molecule has 1 aromatic carbocycles. The molecule has 0 spiro atoms. The molecule has 0 saturated heterocycles. The van der Waals surface area contributed by atoms with Crippen molar-refractivity contribution in [1.82, 2.24) is 10.3 Å². The van der Waals surface area contributed by atoms with E-state index in [1.807, 2.05) is 31.3 Å². The highest BCUT2D eigenvalue weighted by molar-refractivity contribution is 9.10. The molecule has 0 aliphatic heterocycles. The number of aromatic nitrogens is 1. The van der Waals surface area contributed by atoms with Gasteiger partial charge in [0.1, 0.15) is 11.5 Å². The monoisotopic (exact) mass is 330 g/mol.